The lowest BCUT2D eigenvalue weighted by molar-refractivity contribution is 0.834. The van der Waals surface area contributed by atoms with E-state index in [-0.39, 0.29) is 0 Å². The van der Waals surface area contributed by atoms with Crippen LogP contribution in [0.25, 0.3) is 0 Å². The van der Waals surface area contributed by atoms with Crippen molar-refractivity contribution in [1.29, 1.82) is 0 Å². The predicted molar refractivity (Wildman–Crippen MR) is 65.0 cm³/mol. The van der Waals surface area contributed by atoms with E-state index < -0.39 is 0 Å². The lowest BCUT2D eigenvalue weighted by atomic mass is 10.2. The van der Waals surface area contributed by atoms with E-state index in [1.807, 2.05) is 24.3 Å². The number of rotatable bonds is 2. The molecule has 0 atom stereocenters. The highest BCUT2D eigenvalue weighted by Crippen LogP contribution is 2.16. The molecule has 1 rings (SSSR count). The van der Waals surface area contributed by atoms with Crippen LogP contribution in [0.2, 0.25) is 5.02 Å². The van der Waals surface area contributed by atoms with Crippen molar-refractivity contribution < 1.29 is 0 Å². The van der Waals surface area contributed by atoms with Gasteiger partial charge in [0.25, 0.3) is 0 Å². The second-order valence-electron chi connectivity index (χ2n) is 2.09. The minimum Gasteiger partial charge on any atom is -0.184 e. The SMILES string of the molecule is Clc1ccc(CN(I)I)cc1. The first-order chi connectivity index (χ1) is 5.18. The van der Waals surface area contributed by atoms with Crippen molar-refractivity contribution in [1.82, 2.24) is 1.33 Å². The number of halogens is 3. The molecule has 0 aliphatic rings. The van der Waals surface area contributed by atoms with Gasteiger partial charge in [0.1, 0.15) is 0 Å². The maximum absolute atomic E-state index is 5.73. The Morgan fingerprint density at radius 1 is 1.18 bits per heavy atom. The summed E-state index contributed by atoms with van der Waals surface area (Å²) < 4.78 is 2.07. The summed E-state index contributed by atoms with van der Waals surface area (Å²) in [6.45, 7) is 0.943. The molecule has 0 saturated carbocycles. The van der Waals surface area contributed by atoms with Crippen LogP contribution in [0.1, 0.15) is 5.56 Å². The summed E-state index contributed by atoms with van der Waals surface area (Å²) in [5.74, 6) is 0. The van der Waals surface area contributed by atoms with Gasteiger partial charge >= 0.3 is 0 Å². The first kappa shape index (κ1) is 10.0. The van der Waals surface area contributed by atoms with Crippen molar-refractivity contribution in [3.05, 3.63) is 34.9 Å². The fraction of sp³-hybridized carbons (Fsp3) is 0.143. The second kappa shape index (κ2) is 4.84. The molecule has 1 aromatic carbocycles. The summed E-state index contributed by atoms with van der Waals surface area (Å²) >= 11 is 10.2. The van der Waals surface area contributed by atoms with Gasteiger partial charge in [0, 0.05) is 57.3 Å². The zero-order chi connectivity index (χ0) is 8.27. The quantitative estimate of drug-likeness (QED) is 0.545. The molecule has 0 saturated heterocycles. The van der Waals surface area contributed by atoms with Gasteiger partial charge in [-0.05, 0) is 17.7 Å². The van der Waals surface area contributed by atoms with Crippen LogP contribution in [0.15, 0.2) is 24.3 Å². The summed E-state index contributed by atoms with van der Waals surface area (Å²) in [6, 6.07) is 7.89. The van der Waals surface area contributed by atoms with Crippen LogP contribution in [0.3, 0.4) is 0 Å². The van der Waals surface area contributed by atoms with Gasteiger partial charge in [-0.3, -0.25) is 0 Å². The first-order valence-electron chi connectivity index (χ1n) is 3.02. The highest BCUT2D eigenvalue weighted by molar-refractivity contribution is 14.2. The second-order valence-corrected chi connectivity index (χ2v) is 6.70. The highest BCUT2D eigenvalue weighted by Gasteiger charge is 1.96. The van der Waals surface area contributed by atoms with Crippen LogP contribution in [-0.2, 0) is 6.54 Å². The summed E-state index contributed by atoms with van der Waals surface area (Å²) in [5.41, 5.74) is 1.28. The number of hydrogen-bond donors (Lipinski definition) is 0. The molecule has 60 valence electrons. The molecule has 0 spiro atoms. The highest BCUT2D eigenvalue weighted by atomic mass is 127. The van der Waals surface area contributed by atoms with E-state index in [1.165, 1.54) is 5.56 Å². The number of nitrogens with zero attached hydrogens (tertiary/aromatic N) is 1. The van der Waals surface area contributed by atoms with Gasteiger partial charge in [-0.25, -0.2) is 0 Å². The largest absolute Gasteiger partial charge is 0.184 e. The Labute approximate surface area is 99.1 Å². The minimum absolute atomic E-state index is 0.794. The average molecular weight is 393 g/mol. The zero-order valence-corrected chi connectivity index (χ0v) is 10.7. The summed E-state index contributed by atoms with van der Waals surface area (Å²) in [7, 11) is 0. The molecular formula is C7H6ClI2N. The molecule has 0 bridgehead atoms. The molecule has 11 heavy (non-hydrogen) atoms. The Hall–Kier alpha value is 0.930. The molecule has 0 unspecified atom stereocenters. The Morgan fingerprint density at radius 2 is 1.73 bits per heavy atom. The first-order valence-corrected chi connectivity index (χ1v) is 5.33. The Bertz CT molecular complexity index is 222. The van der Waals surface area contributed by atoms with Gasteiger partial charge in [0.15, 0.2) is 0 Å². The van der Waals surface area contributed by atoms with Gasteiger partial charge in [-0.15, -0.1) is 0 Å². The van der Waals surface area contributed by atoms with E-state index in [9.17, 15) is 0 Å². The molecule has 0 radical (unpaired) electrons. The Kier molecular flexibility index (Phi) is 4.40. The fourth-order valence-corrected chi connectivity index (χ4v) is 1.64. The van der Waals surface area contributed by atoms with Crippen molar-refractivity contribution in [2.45, 2.75) is 6.54 Å². The van der Waals surface area contributed by atoms with Crippen LogP contribution in [0, 0.1) is 0 Å². The average Bonchev–Trinajstić information content (AvgIpc) is 1.93. The maximum Gasteiger partial charge on any atom is 0.0435 e. The Morgan fingerprint density at radius 3 is 2.18 bits per heavy atom. The third-order valence-electron chi connectivity index (χ3n) is 1.22. The van der Waals surface area contributed by atoms with Crippen molar-refractivity contribution in [2.75, 3.05) is 0 Å². The van der Waals surface area contributed by atoms with E-state index in [2.05, 4.69) is 47.1 Å². The van der Waals surface area contributed by atoms with E-state index in [0.717, 1.165) is 11.6 Å². The van der Waals surface area contributed by atoms with E-state index >= 15 is 0 Å². The van der Waals surface area contributed by atoms with Crippen LogP contribution in [0.4, 0.5) is 0 Å². The molecule has 0 aliphatic heterocycles. The van der Waals surface area contributed by atoms with Crippen molar-refractivity contribution in [2.24, 2.45) is 0 Å². The van der Waals surface area contributed by atoms with Gasteiger partial charge in [0.2, 0.25) is 0 Å². The number of hydrogen-bond acceptors (Lipinski definition) is 1. The fourth-order valence-electron chi connectivity index (χ4n) is 0.728. The van der Waals surface area contributed by atoms with Crippen LogP contribution >= 0.6 is 57.3 Å². The number of benzene rings is 1. The third-order valence-corrected chi connectivity index (χ3v) is 2.15. The molecular weight excluding hydrogens is 387 g/mol. The van der Waals surface area contributed by atoms with E-state index in [1.54, 1.807) is 0 Å². The molecule has 0 heterocycles. The molecule has 1 nitrogen and oxygen atoms in total. The van der Waals surface area contributed by atoms with Crippen molar-refractivity contribution >= 4 is 57.3 Å². The van der Waals surface area contributed by atoms with Crippen molar-refractivity contribution in [3.63, 3.8) is 0 Å². The smallest absolute Gasteiger partial charge is 0.0435 e. The van der Waals surface area contributed by atoms with Gasteiger partial charge in [-0.2, -0.15) is 1.33 Å². The summed E-state index contributed by atoms with van der Waals surface area (Å²) in [4.78, 5) is 0. The summed E-state index contributed by atoms with van der Waals surface area (Å²) in [6.07, 6.45) is 0. The van der Waals surface area contributed by atoms with Gasteiger partial charge in [0.05, 0.1) is 0 Å². The molecule has 0 fully saturated rings. The van der Waals surface area contributed by atoms with Gasteiger partial charge in [-0.1, -0.05) is 23.7 Å². The lowest BCUT2D eigenvalue weighted by Gasteiger charge is -2.04. The normalized spacial score (nSPS) is 10.5. The molecule has 0 aliphatic carbocycles. The monoisotopic (exact) mass is 393 g/mol. The van der Waals surface area contributed by atoms with Crippen LogP contribution in [0.5, 0.6) is 0 Å². The maximum atomic E-state index is 5.73. The molecule has 1 aromatic rings. The van der Waals surface area contributed by atoms with Gasteiger partial charge < -0.3 is 0 Å². The predicted octanol–water partition coefficient (Wildman–Crippen LogP) is 3.84. The molecule has 0 aromatic heterocycles. The molecule has 4 heteroatoms. The minimum atomic E-state index is 0.794. The van der Waals surface area contributed by atoms with Crippen LogP contribution in [-0.4, -0.2) is 1.33 Å². The summed E-state index contributed by atoms with van der Waals surface area (Å²) in [5, 5.41) is 0.794. The molecule has 0 N–H and O–H groups in total. The van der Waals surface area contributed by atoms with E-state index in [4.69, 9.17) is 11.6 Å². The lowest BCUT2D eigenvalue weighted by Crippen LogP contribution is -1.94. The third kappa shape index (κ3) is 3.91. The topological polar surface area (TPSA) is 3.24 Å². The molecule has 0 amide bonds. The standard InChI is InChI=1S/C7H6ClI2N/c8-7-3-1-6(2-4-7)5-11(9)10/h1-4H,5H2. The zero-order valence-electron chi connectivity index (χ0n) is 5.60. The van der Waals surface area contributed by atoms with Crippen LogP contribution < -0.4 is 0 Å². The Balaban J connectivity index is 2.66. The van der Waals surface area contributed by atoms with Crippen molar-refractivity contribution in [3.8, 4) is 0 Å². The van der Waals surface area contributed by atoms with E-state index in [0.29, 0.717) is 0 Å².